The van der Waals surface area contributed by atoms with E-state index < -0.39 is 0 Å². The fourth-order valence-electron chi connectivity index (χ4n) is 3.32. The van der Waals surface area contributed by atoms with Gasteiger partial charge in [-0.1, -0.05) is 63.2 Å². The molecule has 2 heterocycles. The zero-order valence-corrected chi connectivity index (χ0v) is 17.8. The number of rotatable bonds is 4. The van der Waals surface area contributed by atoms with Gasteiger partial charge in [-0.15, -0.1) is 0 Å². The lowest BCUT2D eigenvalue weighted by molar-refractivity contribution is 0.0956. The summed E-state index contributed by atoms with van der Waals surface area (Å²) in [6.07, 6.45) is 5.09. The van der Waals surface area contributed by atoms with Crippen molar-refractivity contribution in [3.05, 3.63) is 95.8 Å². The molecule has 1 N–H and O–H groups in total. The summed E-state index contributed by atoms with van der Waals surface area (Å²) in [6.45, 7) is 6.53. The van der Waals surface area contributed by atoms with Crippen molar-refractivity contribution in [3.63, 3.8) is 0 Å². The fraction of sp³-hybridized carbons (Fsp3) is 0.154. The number of hydrazone groups is 1. The van der Waals surface area contributed by atoms with Crippen molar-refractivity contribution in [1.82, 2.24) is 15.4 Å². The van der Waals surface area contributed by atoms with Crippen LogP contribution in [0, 0.1) is 0 Å². The molecule has 0 saturated carbocycles. The first-order chi connectivity index (χ1) is 14.9. The number of amides is 1. The maximum Gasteiger partial charge on any atom is 0.272 e. The second-order valence-electron chi connectivity index (χ2n) is 8.39. The number of pyridine rings is 2. The molecule has 4 rings (SSSR count). The van der Waals surface area contributed by atoms with Crippen LogP contribution >= 0.6 is 0 Å². The van der Waals surface area contributed by atoms with E-state index in [0.29, 0.717) is 11.3 Å². The summed E-state index contributed by atoms with van der Waals surface area (Å²) in [4.78, 5) is 21.8. The number of carbonyl (C=O) groups excluding carboxylic acids is 1. The summed E-state index contributed by atoms with van der Waals surface area (Å²) in [5, 5.41) is 4.94. The molecule has 0 aliphatic rings. The Labute approximate surface area is 181 Å². The number of nitrogens with one attached hydrogen (secondary N) is 1. The molecule has 0 bridgehead atoms. The van der Waals surface area contributed by atoms with E-state index in [1.807, 2.05) is 48.5 Å². The van der Waals surface area contributed by atoms with E-state index in [0.717, 1.165) is 22.0 Å². The number of hydrogen-bond acceptors (Lipinski definition) is 4. The molecule has 0 radical (unpaired) electrons. The van der Waals surface area contributed by atoms with Gasteiger partial charge in [0.15, 0.2) is 0 Å². The first-order valence-corrected chi connectivity index (χ1v) is 10.2. The van der Waals surface area contributed by atoms with Crippen molar-refractivity contribution in [2.75, 3.05) is 0 Å². The van der Waals surface area contributed by atoms with Gasteiger partial charge >= 0.3 is 0 Å². The SMILES string of the molecule is CC(C)(C)c1ccc(C=NNC(=O)c2cc(-c3cccnc3)nc3ccccc23)cc1. The van der Waals surface area contributed by atoms with E-state index in [1.165, 1.54) is 5.56 Å². The number of hydrogen-bond donors (Lipinski definition) is 1. The Morgan fingerprint density at radius 2 is 1.77 bits per heavy atom. The molecular weight excluding hydrogens is 384 g/mol. The third-order valence-electron chi connectivity index (χ3n) is 5.07. The highest BCUT2D eigenvalue weighted by atomic mass is 16.2. The summed E-state index contributed by atoms with van der Waals surface area (Å²) >= 11 is 0. The number of nitrogens with zero attached hydrogens (tertiary/aromatic N) is 3. The lowest BCUT2D eigenvalue weighted by atomic mass is 9.87. The second-order valence-corrected chi connectivity index (χ2v) is 8.39. The highest BCUT2D eigenvalue weighted by molar-refractivity contribution is 6.07. The molecule has 0 aliphatic heterocycles. The van der Waals surface area contributed by atoms with Gasteiger partial charge in [0.1, 0.15) is 0 Å². The van der Waals surface area contributed by atoms with Crippen molar-refractivity contribution in [2.24, 2.45) is 5.10 Å². The second kappa shape index (κ2) is 8.48. The Morgan fingerprint density at radius 3 is 2.48 bits per heavy atom. The van der Waals surface area contributed by atoms with Gasteiger partial charge in [-0.05, 0) is 40.8 Å². The summed E-state index contributed by atoms with van der Waals surface area (Å²) in [7, 11) is 0. The fourth-order valence-corrected chi connectivity index (χ4v) is 3.32. The molecule has 5 heteroatoms. The molecule has 2 aromatic carbocycles. The smallest absolute Gasteiger partial charge is 0.267 e. The Kier molecular flexibility index (Phi) is 5.58. The van der Waals surface area contributed by atoms with Crippen LogP contribution in [-0.4, -0.2) is 22.1 Å². The van der Waals surface area contributed by atoms with Crippen LogP contribution in [0.15, 0.2) is 84.2 Å². The molecule has 0 saturated heterocycles. The summed E-state index contributed by atoms with van der Waals surface area (Å²) < 4.78 is 0. The van der Waals surface area contributed by atoms with Crippen LogP contribution < -0.4 is 5.43 Å². The number of benzene rings is 2. The number of aromatic nitrogens is 2. The largest absolute Gasteiger partial charge is 0.272 e. The Bertz CT molecular complexity index is 1240. The summed E-state index contributed by atoms with van der Waals surface area (Å²) in [6, 6.07) is 21.3. The molecule has 2 aromatic heterocycles. The van der Waals surface area contributed by atoms with Crippen LogP contribution in [0.4, 0.5) is 0 Å². The lowest BCUT2D eigenvalue weighted by Crippen LogP contribution is -2.18. The molecular formula is C26H24N4O. The maximum atomic E-state index is 12.9. The van der Waals surface area contributed by atoms with Crippen LogP contribution in [0.25, 0.3) is 22.2 Å². The maximum absolute atomic E-state index is 12.9. The van der Waals surface area contributed by atoms with Gasteiger partial charge in [0.2, 0.25) is 0 Å². The molecule has 154 valence electrons. The molecule has 1 amide bonds. The molecule has 0 spiro atoms. The molecule has 31 heavy (non-hydrogen) atoms. The standard InChI is InChI=1S/C26H24N4O/c1-26(2,3)20-12-10-18(11-13-20)16-28-30-25(31)22-15-24(19-7-6-14-27-17-19)29-23-9-5-4-8-21(22)23/h4-17H,1-3H3,(H,30,31). The highest BCUT2D eigenvalue weighted by Gasteiger charge is 2.14. The first-order valence-electron chi connectivity index (χ1n) is 10.2. The van der Waals surface area contributed by atoms with Gasteiger partial charge in [-0.25, -0.2) is 10.4 Å². The van der Waals surface area contributed by atoms with Crippen LogP contribution in [0.3, 0.4) is 0 Å². The van der Waals surface area contributed by atoms with Crippen molar-refractivity contribution in [1.29, 1.82) is 0 Å². The summed E-state index contributed by atoms with van der Waals surface area (Å²) in [5.74, 6) is -0.286. The van der Waals surface area contributed by atoms with Gasteiger partial charge < -0.3 is 0 Å². The Balaban J connectivity index is 1.59. The van der Waals surface area contributed by atoms with Gasteiger partial charge in [-0.2, -0.15) is 5.10 Å². The van der Waals surface area contributed by atoms with Gasteiger partial charge in [0.05, 0.1) is 23.0 Å². The molecule has 4 aromatic rings. The Hall–Kier alpha value is -3.86. The third kappa shape index (κ3) is 4.67. The predicted octanol–water partition coefficient (Wildman–Crippen LogP) is 5.36. The molecule has 0 fully saturated rings. The average molecular weight is 409 g/mol. The normalized spacial score (nSPS) is 11.7. The zero-order chi connectivity index (χ0) is 21.8. The topological polar surface area (TPSA) is 67.2 Å². The van der Waals surface area contributed by atoms with Crippen LogP contribution in [0.5, 0.6) is 0 Å². The summed E-state index contributed by atoms with van der Waals surface area (Å²) in [5.41, 5.74) is 7.73. The minimum atomic E-state index is -0.286. The first kappa shape index (κ1) is 20.4. The number of fused-ring (bicyclic) bond motifs is 1. The van der Waals surface area contributed by atoms with Gasteiger partial charge in [0.25, 0.3) is 5.91 Å². The molecule has 5 nitrogen and oxygen atoms in total. The van der Waals surface area contributed by atoms with E-state index in [-0.39, 0.29) is 11.3 Å². The molecule has 0 aliphatic carbocycles. The van der Waals surface area contributed by atoms with E-state index in [2.05, 4.69) is 53.4 Å². The van der Waals surface area contributed by atoms with Gasteiger partial charge in [-0.3, -0.25) is 9.78 Å². The number of carbonyl (C=O) groups is 1. The van der Waals surface area contributed by atoms with E-state index in [9.17, 15) is 4.79 Å². The van der Waals surface area contributed by atoms with Crippen molar-refractivity contribution in [3.8, 4) is 11.3 Å². The Morgan fingerprint density at radius 1 is 1.00 bits per heavy atom. The quantitative estimate of drug-likeness (QED) is 0.365. The zero-order valence-electron chi connectivity index (χ0n) is 17.8. The minimum absolute atomic E-state index is 0.0955. The minimum Gasteiger partial charge on any atom is -0.267 e. The van der Waals surface area contributed by atoms with Gasteiger partial charge in [0, 0.05) is 23.3 Å². The van der Waals surface area contributed by atoms with Crippen LogP contribution in [-0.2, 0) is 5.41 Å². The van der Waals surface area contributed by atoms with E-state index in [4.69, 9.17) is 0 Å². The highest BCUT2D eigenvalue weighted by Crippen LogP contribution is 2.24. The van der Waals surface area contributed by atoms with E-state index >= 15 is 0 Å². The van der Waals surface area contributed by atoms with Crippen molar-refractivity contribution < 1.29 is 4.79 Å². The van der Waals surface area contributed by atoms with Crippen molar-refractivity contribution in [2.45, 2.75) is 26.2 Å². The van der Waals surface area contributed by atoms with E-state index in [1.54, 1.807) is 24.7 Å². The molecule has 0 unspecified atom stereocenters. The van der Waals surface area contributed by atoms with Crippen LogP contribution in [0.1, 0.15) is 42.3 Å². The number of para-hydroxylation sites is 1. The van der Waals surface area contributed by atoms with Crippen molar-refractivity contribution >= 4 is 23.0 Å². The predicted molar refractivity (Wildman–Crippen MR) is 125 cm³/mol. The molecule has 0 atom stereocenters. The lowest BCUT2D eigenvalue weighted by Gasteiger charge is -2.18. The van der Waals surface area contributed by atoms with Crippen LogP contribution in [0.2, 0.25) is 0 Å². The average Bonchev–Trinajstić information content (AvgIpc) is 2.78. The monoisotopic (exact) mass is 408 g/mol. The third-order valence-corrected chi connectivity index (χ3v) is 5.07.